The number of hydrogen-bond donors (Lipinski definition) is 2. The first-order valence-corrected chi connectivity index (χ1v) is 10.7. The summed E-state index contributed by atoms with van der Waals surface area (Å²) >= 11 is 0. The van der Waals surface area contributed by atoms with Gasteiger partial charge in [0, 0.05) is 22.9 Å². The van der Waals surface area contributed by atoms with Gasteiger partial charge in [0.15, 0.2) is 0 Å². The molecule has 2 amide bonds. The summed E-state index contributed by atoms with van der Waals surface area (Å²) in [6.07, 6.45) is 0.821. The Hall–Kier alpha value is -3.80. The van der Waals surface area contributed by atoms with Crippen LogP contribution in [0.2, 0.25) is 0 Å². The van der Waals surface area contributed by atoms with Crippen molar-refractivity contribution < 1.29 is 19.1 Å². The summed E-state index contributed by atoms with van der Waals surface area (Å²) in [7, 11) is 1.64. The van der Waals surface area contributed by atoms with Crippen molar-refractivity contribution in [2.45, 2.75) is 19.3 Å². The number of amides is 2. The number of rotatable bonds is 8. The molecule has 3 aromatic rings. The van der Waals surface area contributed by atoms with Gasteiger partial charge in [-0.05, 0) is 85.5 Å². The molecular weight excluding hydrogens is 404 g/mol. The van der Waals surface area contributed by atoms with Crippen molar-refractivity contribution in [1.29, 1.82) is 0 Å². The third-order valence-corrected chi connectivity index (χ3v) is 5.49. The summed E-state index contributed by atoms with van der Waals surface area (Å²) in [5, 5.41) is 5.81. The molecule has 0 spiro atoms. The Morgan fingerprint density at radius 2 is 1.59 bits per heavy atom. The third kappa shape index (κ3) is 5.09. The first-order valence-electron chi connectivity index (χ1n) is 10.7. The fourth-order valence-corrected chi connectivity index (χ4v) is 3.67. The van der Waals surface area contributed by atoms with Gasteiger partial charge in [0.25, 0.3) is 5.91 Å². The van der Waals surface area contributed by atoms with Gasteiger partial charge < -0.3 is 20.1 Å². The number of ether oxygens (including phenoxy) is 2. The summed E-state index contributed by atoms with van der Waals surface area (Å²) in [6, 6.07) is 22.0. The predicted molar refractivity (Wildman–Crippen MR) is 124 cm³/mol. The Bertz CT molecular complexity index is 1090. The highest BCUT2D eigenvalue weighted by Gasteiger charge is 2.44. The van der Waals surface area contributed by atoms with E-state index < -0.39 is 0 Å². The first kappa shape index (κ1) is 21.4. The molecule has 1 fully saturated rings. The number of hydrogen-bond acceptors (Lipinski definition) is 4. The topological polar surface area (TPSA) is 76.7 Å². The molecule has 4 rings (SSSR count). The summed E-state index contributed by atoms with van der Waals surface area (Å²) in [4.78, 5) is 25.1. The van der Waals surface area contributed by atoms with Gasteiger partial charge in [0.1, 0.15) is 11.5 Å². The van der Waals surface area contributed by atoms with E-state index in [9.17, 15) is 9.59 Å². The van der Waals surface area contributed by atoms with E-state index >= 15 is 0 Å². The van der Waals surface area contributed by atoms with E-state index in [1.807, 2.05) is 43.3 Å². The van der Waals surface area contributed by atoms with Gasteiger partial charge in [0.05, 0.1) is 13.7 Å². The molecule has 0 aromatic heterocycles. The van der Waals surface area contributed by atoms with Gasteiger partial charge in [0.2, 0.25) is 5.91 Å². The minimum absolute atomic E-state index is 0.00981. The number of nitrogens with one attached hydrogen (secondary N) is 2. The number of anilines is 2. The molecule has 3 aromatic carbocycles. The molecule has 1 aliphatic rings. The van der Waals surface area contributed by atoms with E-state index in [0.29, 0.717) is 23.5 Å². The summed E-state index contributed by atoms with van der Waals surface area (Å²) in [6.45, 7) is 2.52. The summed E-state index contributed by atoms with van der Waals surface area (Å²) in [5.74, 6) is 1.49. The zero-order valence-corrected chi connectivity index (χ0v) is 18.1. The molecule has 0 heterocycles. The Balaban J connectivity index is 1.31. The lowest BCUT2D eigenvalue weighted by atomic mass is 10.1. The molecule has 32 heavy (non-hydrogen) atoms. The third-order valence-electron chi connectivity index (χ3n) is 5.49. The average Bonchev–Trinajstić information content (AvgIpc) is 3.62. The predicted octanol–water partition coefficient (Wildman–Crippen LogP) is 5.09. The molecule has 2 unspecified atom stereocenters. The van der Waals surface area contributed by atoms with E-state index in [-0.39, 0.29) is 23.7 Å². The van der Waals surface area contributed by atoms with Crippen LogP contribution >= 0.6 is 0 Å². The fraction of sp³-hybridized carbons (Fsp3) is 0.231. The van der Waals surface area contributed by atoms with Crippen molar-refractivity contribution in [3.8, 4) is 11.5 Å². The largest absolute Gasteiger partial charge is 0.497 e. The van der Waals surface area contributed by atoms with Crippen LogP contribution in [0.25, 0.3) is 0 Å². The van der Waals surface area contributed by atoms with Crippen LogP contribution in [0, 0.1) is 5.92 Å². The molecule has 0 radical (unpaired) electrons. The van der Waals surface area contributed by atoms with E-state index in [1.165, 1.54) is 0 Å². The molecular formula is C26H26N2O4. The molecule has 164 valence electrons. The van der Waals surface area contributed by atoms with Crippen molar-refractivity contribution in [2.24, 2.45) is 5.92 Å². The Labute approximate surface area is 187 Å². The lowest BCUT2D eigenvalue weighted by molar-refractivity contribution is -0.117. The van der Waals surface area contributed by atoms with Crippen molar-refractivity contribution in [2.75, 3.05) is 24.4 Å². The molecule has 2 N–H and O–H groups in total. The molecule has 0 aliphatic heterocycles. The van der Waals surface area contributed by atoms with E-state index in [0.717, 1.165) is 23.5 Å². The van der Waals surface area contributed by atoms with Crippen molar-refractivity contribution in [3.63, 3.8) is 0 Å². The minimum Gasteiger partial charge on any atom is -0.497 e. The molecule has 1 saturated carbocycles. The number of carbonyl (C=O) groups is 2. The molecule has 2 atom stereocenters. The highest BCUT2D eigenvalue weighted by molar-refractivity contribution is 6.04. The number of methoxy groups -OCH3 is 1. The molecule has 0 bridgehead atoms. The fourth-order valence-electron chi connectivity index (χ4n) is 3.67. The monoisotopic (exact) mass is 430 g/mol. The van der Waals surface area contributed by atoms with Crippen molar-refractivity contribution in [3.05, 3.63) is 83.9 Å². The second-order valence-electron chi connectivity index (χ2n) is 7.70. The zero-order valence-electron chi connectivity index (χ0n) is 18.1. The van der Waals surface area contributed by atoms with Crippen LogP contribution in [0.4, 0.5) is 11.4 Å². The average molecular weight is 431 g/mol. The molecule has 6 heteroatoms. The second-order valence-corrected chi connectivity index (χ2v) is 7.70. The normalized spacial score (nSPS) is 16.7. The van der Waals surface area contributed by atoms with Crippen LogP contribution in [0.3, 0.4) is 0 Å². The van der Waals surface area contributed by atoms with Crippen molar-refractivity contribution >= 4 is 23.2 Å². The first-order chi connectivity index (χ1) is 15.6. The van der Waals surface area contributed by atoms with E-state index in [2.05, 4.69) is 10.6 Å². The maximum Gasteiger partial charge on any atom is 0.255 e. The number of benzene rings is 3. The molecule has 0 saturated heterocycles. The van der Waals surface area contributed by atoms with Crippen LogP contribution in [-0.2, 0) is 4.79 Å². The van der Waals surface area contributed by atoms with Crippen LogP contribution in [0.15, 0.2) is 72.8 Å². The Morgan fingerprint density at radius 1 is 0.906 bits per heavy atom. The minimum atomic E-state index is -0.215. The Morgan fingerprint density at radius 3 is 2.28 bits per heavy atom. The van der Waals surface area contributed by atoms with Crippen LogP contribution < -0.4 is 20.1 Å². The van der Waals surface area contributed by atoms with E-state index in [1.54, 1.807) is 43.5 Å². The second kappa shape index (κ2) is 9.56. The summed E-state index contributed by atoms with van der Waals surface area (Å²) in [5.41, 5.74) is 2.99. The van der Waals surface area contributed by atoms with Gasteiger partial charge in [-0.25, -0.2) is 0 Å². The molecule has 1 aliphatic carbocycles. The highest BCUT2D eigenvalue weighted by atomic mass is 16.5. The van der Waals surface area contributed by atoms with Crippen molar-refractivity contribution in [1.82, 2.24) is 0 Å². The quantitative estimate of drug-likeness (QED) is 0.522. The lowest BCUT2D eigenvalue weighted by Crippen LogP contribution is -2.15. The molecule has 6 nitrogen and oxygen atoms in total. The maximum atomic E-state index is 12.6. The van der Waals surface area contributed by atoms with Gasteiger partial charge in [-0.1, -0.05) is 12.1 Å². The smallest absolute Gasteiger partial charge is 0.255 e. The van der Waals surface area contributed by atoms with Crippen LogP contribution in [0.5, 0.6) is 11.5 Å². The standard InChI is InChI=1S/C26H26N2O4/c1-3-32-21-13-11-20(12-14-21)27-25(29)17-7-9-19(10-8-17)28-26(30)24-16-23(24)18-5-4-6-22(15-18)31-2/h4-15,23-24H,3,16H2,1-2H3,(H,27,29)(H,28,30). The Kier molecular flexibility index (Phi) is 6.40. The van der Waals surface area contributed by atoms with Gasteiger partial charge in [-0.3, -0.25) is 9.59 Å². The van der Waals surface area contributed by atoms with Crippen LogP contribution in [0.1, 0.15) is 35.2 Å². The number of carbonyl (C=O) groups excluding carboxylic acids is 2. The van der Waals surface area contributed by atoms with Crippen LogP contribution in [-0.4, -0.2) is 25.5 Å². The highest BCUT2D eigenvalue weighted by Crippen LogP contribution is 2.48. The lowest BCUT2D eigenvalue weighted by Gasteiger charge is -2.09. The van der Waals surface area contributed by atoms with Gasteiger partial charge in [-0.2, -0.15) is 0 Å². The van der Waals surface area contributed by atoms with Gasteiger partial charge >= 0.3 is 0 Å². The maximum absolute atomic E-state index is 12.6. The zero-order chi connectivity index (χ0) is 22.5. The van der Waals surface area contributed by atoms with E-state index in [4.69, 9.17) is 9.47 Å². The summed E-state index contributed by atoms with van der Waals surface area (Å²) < 4.78 is 10.7. The SMILES string of the molecule is CCOc1ccc(NC(=O)c2ccc(NC(=O)C3CC3c3cccc(OC)c3)cc2)cc1. The van der Waals surface area contributed by atoms with Gasteiger partial charge in [-0.15, -0.1) is 0 Å².